The van der Waals surface area contributed by atoms with E-state index in [9.17, 15) is 51.6 Å². The number of hydrogen-bond donors (Lipinski definition) is 11. The van der Waals surface area contributed by atoms with Crippen molar-refractivity contribution in [3.63, 3.8) is 0 Å². The Labute approximate surface area is 385 Å². The number of pyridine rings is 1. The Morgan fingerprint density at radius 1 is 0.896 bits per heavy atom. The van der Waals surface area contributed by atoms with Crippen LogP contribution in [0, 0.1) is 5.92 Å². The van der Waals surface area contributed by atoms with Crippen molar-refractivity contribution in [1.29, 1.82) is 0 Å². The molecule has 24 nitrogen and oxygen atoms in total. The number of carboxylic acids is 1. The summed E-state index contributed by atoms with van der Waals surface area (Å²) in [6.45, 7) is 3.25. The highest BCUT2D eigenvalue weighted by molar-refractivity contribution is 7.86. The van der Waals surface area contributed by atoms with Crippen molar-refractivity contribution >= 4 is 69.5 Å². The number of anilines is 1. The number of nitrogens with one attached hydrogen (secondary N) is 7. The minimum Gasteiger partial charge on any atom is -0.494 e. The summed E-state index contributed by atoms with van der Waals surface area (Å²) in [7, 11) is -4.45. The van der Waals surface area contributed by atoms with Crippen LogP contribution in [0.1, 0.15) is 61.0 Å². The van der Waals surface area contributed by atoms with Crippen molar-refractivity contribution in [3.05, 3.63) is 83.6 Å². The zero-order valence-corrected chi connectivity index (χ0v) is 37.4. The molecule has 360 valence electrons. The van der Waals surface area contributed by atoms with E-state index < -0.39 is 94.6 Å². The van der Waals surface area contributed by atoms with Gasteiger partial charge in [-0.05, 0) is 61.1 Å². The van der Waals surface area contributed by atoms with Gasteiger partial charge < -0.3 is 53.2 Å². The first-order chi connectivity index (χ1) is 31.8. The number of aliphatic carboxylic acids is 1. The molecule has 0 saturated carbocycles. The molecule has 67 heavy (non-hydrogen) atoms. The Morgan fingerprint density at radius 3 is 2.25 bits per heavy atom. The number of guanidine groups is 1. The first-order valence-corrected chi connectivity index (χ1v) is 22.3. The third-order valence-electron chi connectivity index (χ3n) is 9.76. The quantitative estimate of drug-likeness (QED) is 0.0220. The number of carbonyl (C=O) groups is 7. The van der Waals surface area contributed by atoms with Gasteiger partial charge in [-0.1, -0.05) is 44.2 Å². The number of nitrogens with two attached hydrogens (primary N) is 2. The maximum absolute atomic E-state index is 13.8. The molecule has 0 radical (unpaired) electrons. The number of nitrogens with zero attached hydrogens (tertiary/aromatic N) is 3. The second-order valence-corrected chi connectivity index (χ2v) is 16.7. The van der Waals surface area contributed by atoms with Crippen LogP contribution in [-0.4, -0.2) is 127 Å². The van der Waals surface area contributed by atoms with Crippen LogP contribution in [0.25, 0.3) is 0 Å². The summed E-state index contributed by atoms with van der Waals surface area (Å²) in [6.07, 6.45) is 2.25. The average molecular weight is 951 g/mol. The number of aliphatic imine (C=N–C) groups is 1. The number of ether oxygens (including phenoxy) is 1. The first-order valence-electron chi connectivity index (χ1n) is 20.9. The van der Waals surface area contributed by atoms with E-state index in [4.69, 9.17) is 16.2 Å². The summed E-state index contributed by atoms with van der Waals surface area (Å²) in [5.41, 5.74) is 14.3. The van der Waals surface area contributed by atoms with Crippen LogP contribution in [0.4, 0.5) is 5.82 Å². The van der Waals surface area contributed by atoms with Crippen molar-refractivity contribution in [2.75, 3.05) is 31.7 Å². The van der Waals surface area contributed by atoms with Crippen molar-refractivity contribution in [2.45, 2.75) is 75.0 Å². The highest BCUT2D eigenvalue weighted by Gasteiger charge is 2.34. The maximum Gasteiger partial charge on any atom is 0.305 e. The molecular weight excluding hydrogens is 897 g/mol. The third-order valence-corrected chi connectivity index (χ3v) is 10.7. The molecule has 1 fully saturated rings. The minimum atomic E-state index is -4.45. The molecule has 1 unspecified atom stereocenters. The van der Waals surface area contributed by atoms with E-state index in [2.05, 4.69) is 52.4 Å². The monoisotopic (exact) mass is 950 g/mol. The molecule has 4 rings (SSSR count). The zero-order valence-electron chi connectivity index (χ0n) is 36.6. The second kappa shape index (κ2) is 25.1. The smallest absolute Gasteiger partial charge is 0.305 e. The number of aromatic nitrogens is 1. The molecule has 4 atom stereocenters. The van der Waals surface area contributed by atoms with Gasteiger partial charge in [-0.25, -0.2) is 4.98 Å². The van der Waals surface area contributed by atoms with Gasteiger partial charge in [0.1, 0.15) is 40.6 Å². The molecule has 1 aliphatic heterocycles. The molecule has 0 bridgehead atoms. The maximum atomic E-state index is 13.8. The lowest BCUT2D eigenvalue weighted by Crippen LogP contribution is -2.59. The number of rotatable bonds is 19. The Balaban J connectivity index is 1.36. The van der Waals surface area contributed by atoms with Crippen LogP contribution >= 0.6 is 0 Å². The Kier molecular flexibility index (Phi) is 19.5. The van der Waals surface area contributed by atoms with E-state index in [0.29, 0.717) is 17.7 Å². The van der Waals surface area contributed by atoms with Gasteiger partial charge in [0.2, 0.25) is 29.5 Å². The van der Waals surface area contributed by atoms with Gasteiger partial charge in [-0.3, -0.25) is 48.5 Å². The molecular formula is C42H54N12O12S. The van der Waals surface area contributed by atoms with Gasteiger partial charge in [-0.15, -0.1) is 0 Å². The molecule has 1 aromatic heterocycles. The number of hydrazone groups is 1. The average Bonchev–Trinajstić information content (AvgIpc) is 3.27. The van der Waals surface area contributed by atoms with Gasteiger partial charge in [0.05, 0.1) is 31.4 Å². The summed E-state index contributed by atoms with van der Waals surface area (Å²) >= 11 is 0. The van der Waals surface area contributed by atoms with E-state index in [1.807, 2.05) is 0 Å². The van der Waals surface area contributed by atoms with Gasteiger partial charge in [0.25, 0.3) is 16.0 Å². The number of benzene rings is 2. The lowest BCUT2D eigenvalue weighted by molar-refractivity contribution is -0.141. The van der Waals surface area contributed by atoms with E-state index in [1.54, 1.807) is 44.2 Å². The predicted octanol–water partition coefficient (Wildman–Crippen LogP) is -1.23. The Morgan fingerprint density at radius 2 is 1.60 bits per heavy atom. The fraction of sp³-hybridized carbons (Fsp3) is 0.381. The topological polar surface area (TPSA) is 377 Å². The summed E-state index contributed by atoms with van der Waals surface area (Å²) in [4.78, 5) is 99.1. The SMILES string of the molecule is CC(C)[C@H]1NC(=O)C(CCCN=C(N)N)NC(=O)CNC(=O)[C@@H](CC(=O)O)NC(=O)[C@@H](Cc2ccc(OCCCNC(=O)c3ccc(NN=Cc4ccccc4S(=O)(=O)O)nc3)cc2)NC1=O. The molecule has 13 N–H and O–H groups in total. The molecule has 0 spiro atoms. The van der Waals surface area contributed by atoms with Gasteiger partial charge in [0.15, 0.2) is 5.96 Å². The summed E-state index contributed by atoms with van der Waals surface area (Å²) in [6, 6.07) is 9.85. The summed E-state index contributed by atoms with van der Waals surface area (Å²) in [5.74, 6) is -5.97. The second-order valence-electron chi connectivity index (χ2n) is 15.4. The largest absolute Gasteiger partial charge is 0.494 e. The molecule has 1 aliphatic rings. The third kappa shape index (κ3) is 17.3. The van der Waals surface area contributed by atoms with Crippen LogP contribution in [0.15, 0.2) is 81.8 Å². The van der Waals surface area contributed by atoms with Crippen LogP contribution < -0.4 is 53.5 Å². The van der Waals surface area contributed by atoms with Crippen LogP contribution in [-0.2, 0) is 45.3 Å². The van der Waals surface area contributed by atoms with Crippen molar-refractivity contribution in [2.24, 2.45) is 27.5 Å². The fourth-order valence-electron chi connectivity index (χ4n) is 6.33. The Hall–Kier alpha value is -7.67. The van der Waals surface area contributed by atoms with E-state index in [0.717, 1.165) is 0 Å². The minimum absolute atomic E-state index is 0.0473. The first kappa shape index (κ1) is 52.0. The number of hydrogen-bond acceptors (Lipinski definition) is 14. The van der Waals surface area contributed by atoms with E-state index >= 15 is 0 Å². The molecule has 6 amide bonds. The van der Waals surface area contributed by atoms with Crippen molar-refractivity contribution < 1.29 is 56.4 Å². The fourth-order valence-corrected chi connectivity index (χ4v) is 7.00. The van der Waals surface area contributed by atoms with Crippen LogP contribution in [0.5, 0.6) is 5.75 Å². The normalized spacial score (nSPS) is 18.5. The predicted molar refractivity (Wildman–Crippen MR) is 242 cm³/mol. The lowest BCUT2D eigenvalue weighted by Gasteiger charge is -2.27. The molecule has 3 aromatic rings. The van der Waals surface area contributed by atoms with Crippen molar-refractivity contribution in [3.8, 4) is 5.75 Å². The van der Waals surface area contributed by atoms with Crippen LogP contribution in [0.3, 0.4) is 0 Å². The Bertz CT molecular complexity index is 2410. The summed E-state index contributed by atoms with van der Waals surface area (Å²) in [5, 5.41) is 28.7. The van der Waals surface area contributed by atoms with E-state index in [1.165, 1.54) is 42.7 Å². The molecule has 0 aliphatic carbocycles. The number of carbonyl (C=O) groups excluding carboxylic acids is 6. The highest BCUT2D eigenvalue weighted by Crippen LogP contribution is 2.16. The standard InChI is InChI=1S/C42H54N12O12S/c1-24(2)36-41(62)52-30(40(61)51-31(20-35(56)57)38(59)48-23-34(55)50-29(39(60)53-36)8-5-16-46-42(43)44)19-25-10-13-28(14-11-25)66-18-6-17-45-37(58)27-12-15-33(47-21-27)54-49-22-26-7-3-4-9-32(26)67(63,64)65/h3-4,7,9-15,21-22,24,29-31,36H,5-6,8,16-20,23H2,1-2H3,(H,45,58)(H,47,54)(H,48,59)(H,50,55)(H,51,61)(H,52,62)(H,53,60)(H,56,57)(H4,43,44,46)(H,63,64,65)/t29?,30-,31-,36-/m1/s1. The lowest BCUT2D eigenvalue weighted by atomic mass is 9.99. The van der Waals surface area contributed by atoms with Gasteiger partial charge in [-0.2, -0.15) is 13.5 Å². The van der Waals surface area contributed by atoms with Crippen LogP contribution in [0.2, 0.25) is 0 Å². The molecule has 2 aromatic carbocycles. The zero-order chi connectivity index (χ0) is 49.1. The molecule has 25 heteroatoms. The number of amides is 6. The molecule has 2 heterocycles. The summed E-state index contributed by atoms with van der Waals surface area (Å²) < 4.78 is 38.3. The van der Waals surface area contributed by atoms with E-state index in [-0.39, 0.29) is 66.8 Å². The number of carboxylic acid groups (broad SMARTS) is 1. The highest BCUT2D eigenvalue weighted by atomic mass is 32.2. The van der Waals surface area contributed by atoms with Gasteiger partial charge >= 0.3 is 5.97 Å². The molecule has 1 saturated heterocycles. The van der Waals surface area contributed by atoms with Gasteiger partial charge in [0, 0.05) is 31.3 Å². The van der Waals surface area contributed by atoms with Crippen molar-refractivity contribution in [1.82, 2.24) is 36.9 Å².